The van der Waals surface area contributed by atoms with Crippen molar-refractivity contribution in [1.82, 2.24) is 5.32 Å². The number of nitrogens with one attached hydrogen (secondary N) is 1. The predicted molar refractivity (Wildman–Crippen MR) is 72.9 cm³/mol. The Morgan fingerprint density at radius 3 is 2.78 bits per heavy atom. The van der Waals surface area contributed by atoms with E-state index in [0.29, 0.717) is 11.3 Å². The molecular weight excluding hydrogens is 250 g/mol. The fourth-order valence-electron chi connectivity index (χ4n) is 2.69. The number of hydrogen-bond donors (Lipinski definition) is 3. The molecule has 2 rings (SSSR count). The molecule has 2 atom stereocenters. The minimum atomic E-state index is -0.684. The van der Waals surface area contributed by atoms with Gasteiger partial charge in [0.25, 0.3) is 0 Å². The van der Waals surface area contributed by atoms with Gasteiger partial charge in [0.05, 0.1) is 0 Å². The second-order valence-electron chi connectivity index (χ2n) is 5.47. The molecule has 4 nitrogen and oxygen atoms in total. The fraction of sp³-hybridized carbons (Fsp3) is 0.923. The zero-order valence-corrected chi connectivity index (χ0v) is 11.5. The lowest BCUT2D eigenvalue weighted by atomic mass is 9.81. The van der Waals surface area contributed by atoms with E-state index in [2.05, 4.69) is 5.32 Å². The molecular formula is C13H23NO3S. The minimum absolute atomic E-state index is 0.226. The van der Waals surface area contributed by atoms with E-state index in [-0.39, 0.29) is 6.61 Å². The Kier molecular flexibility index (Phi) is 4.92. The van der Waals surface area contributed by atoms with Crippen molar-refractivity contribution in [2.45, 2.75) is 61.8 Å². The van der Waals surface area contributed by atoms with Crippen LogP contribution in [0.15, 0.2) is 0 Å². The lowest BCUT2D eigenvalue weighted by Crippen LogP contribution is -2.56. The quantitative estimate of drug-likeness (QED) is 0.615. The third-order valence-corrected chi connectivity index (χ3v) is 5.23. The third kappa shape index (κ3) is 3.62. The van der Waals surface area contributed by atoms with Gasteiger partial charge in [-0.2, -0.15) is 11.8 Å². The lowest BCUT2D eigenvalue weighted by molar-refractivity contribution is -0.146. The van der Waals surface area contributed by atoms with E-state index in [1.165, 1.54) is 0 Å². The van der Waals surface area contributed by atoms with E-state index in [1.54, 1.807) is 0 Å². The Balaban J connectivity index is 1.90. The first-order valence-corrected chi connectivity index (χ1v) is 7.95. The molecule has 0 amide bonds. The summed E-state index contributed by atoms with van der Waals surface area (Å²) in [4.78, 5) is 11.6. The summed E-state index contributed by atoms with van der Waals surface area (Å²) >= 11 is 1.83. The molecule has 0 bridgehead atoms. The van der Waals surface area contributed by atoms with Crippen molar-refractivity contribution in [2.24, 2.45) is 0 Å². The highest BCUT2D eigenvalue weighted by Gasteiger charge is 2.45. The highest BCUT2D eigenvalue weighted by molar-refractivity contribution is 7.99. The van der Waals surface area contributed by atoms with Gasteiger partial charge in [0, 0.05) is 17.9 Å². The molecule has 0 aliphatic heterocycles. The summed E-state index contributed by atoms with van der Waals surface area (Å²) in [6.07, 6.45) is 6.64. The number of carboxylic acid groups (broad SMARTS) is 1. The number of thioether (sulfide) groups is 1. The topological polar surface area (TPSA) is 69.6 Å². The number of hydrogen-bond acceptors (Lipinski definition) is 4. The lowest BCUT2D eigenvalue weighted by Gasteiger charge is -2.38. The van der Waals surface area contributed by atoms with Crippen LogP contribution in [-0.4, -0.2) is 45.4 Å². The van der Waals surface area contributed by atoms with E-state index in [4.69, 9.17) is 5.11 Å². The van der Waals surface area contributed by atoms with Crippen molar-refractivity contribution in [3.05, 3.63) is 0 Å². The van der Waals surface area contributed by atoms with Gasteiger partial charge < -0.3 is 10.2 Å². The van der Waals surface area contributed by atoms with E-state index in [9.17, 15) is 9.90 Å². The molecule has 5 heteroatoms. The van der Waals surface area contributed by atoms with Crippen molar-refractivity contribution < 1.29 is 15.0 Å². The highest BCUT2D eigenvalue weighted by atomic mass is 32.2. The molecule has 0 aromatic heterocycles. The summed E-state index contributed by atoms with van der Waals surface area (Å²) in [6, 6.07) is 0.433. The van der Waals surface area contributed by atoms with Gasteiger partial charge in [-0.3, -0.25) is 10.1 Å². The standard InChI is InChI=1S/C13H23NO3S/c15-7-2-8-18-11-3-1-6-13(9-11,12(16)17)14-10-4-5-10/h10-11,14-15H,1-9H2,(H,16,17). The Morgan fingerprint density at radius 2 is 2.17 bits per heavy atom. The van der Waals surface area contributed by atoms with Crippen LogP contribution in [-0.2, 0) is 4.79 Å². The molecule has 0 aromatic rings. The molecule has 0 heterocycles. The molecule has 2 aliphatic rings. The second kappa shape index (κ2) is 6.26. The SMILES string of the molecule is O=C(O)C1(NC2CC2)CCCC(SCCCO)C1. The summed E-state index contributed by atoms with van der Waals surface area (Å²) in [5.41, 5.74) is -0.684. The van der Waals surface area contributed by atoms with Gasteiger partial charge in [-0.25, -0.2) is 0 Å². The molecule has 3 N–H and O–H groups in total. The monoisotopic (exact) mass is 273 g/mol. The van der Waals surface area contributed by atoms with Crippen molar-refractivity contribution in [3.8, 4) is 0 Å². The van der Waals surface area contributed by atoms with Crippen molar-refractivity contribution in [2.75, 3.05) is 12.4 Å². The van der Waals surface area contributed by atoms with Gasteiger partial charge >= 0.3 is 5.97 Å². The average molecular weight is 273 g/mol. The summed E-state index contributed by atoms with van der Waals surface area (Å²) in [6.45, 7) is 0.226. The number of carboxylic acids is 1. The maximum atomic E-state index is 11.6. The molecule has 0 saturated heterocycles. The van der Waals surface area contributed by atoms with Crippen LogP contribution < -0.4 is 5.32 Å². The molecule has 2 saturated carbocycles. The zero-order chi connectivity index (χ0) is 13.0. The van der Waals surface area contributed by atoms with Crippen LogP contribution in [0.2, 0.25) is 0 Å². The molecule has 104 valence electrons. The summed E-state index contributed by atoms with van der Waals surface area (Å²) in [5.74, 6) is 0.252. The van der Waals surface area contributed by atoms with E-state index in [1.807, 2.05) is 11.8 Å². The summed E-state index contributed by atoms with van der Waals surface area (Å²) in [5, 5.41) is 22.1. The largest absolute Gasteiger partial charge is 0.480 e. The van der Waals surface area contributed by atoms with Crippen molar-refractivity contribution >= 4 is 17.7 Å². The normalized spacial score (nSPS) is 32.4. The molecule has 18 heavy (non-hydrogen) atoms. The van der Waals surface area contributed by atoms with Gasteiger partial charge in [-0.15, -0.1) is 0 Å². The number of aliphatic hydroxyl groups excluding tert-OH is 1. The van der Waals surface area contributed by atoms with Gasteiger partial charge in [-0.05, 0) is 50.7 Å². The third-order valence-electron chi connectivity index (χ3n) is 3.83. The number of carbonyl (C=O) groups is 1. The average Bonchev–Trinajstić information content (AvgIpc) is 3.13. The first kappa shape index (κ1) is 14.2. The highest BCUT2D eigenvalue weighted by Crippen LogP contribution is 2.37. The molecule has 0 aromatic carbocycles. The molecule has 2 aliphatic carbocycles. The second-order valence-corrected chi connectivity index (χ2v) is 6.88. The smallest absolute Gasteiger partial charge is 0.323 e. The number of aliphatic carboxylic acids is 1. The van der Waals surface area contributed by atoms with Crippen LogP contribution >= 0.6 is 11.8 Å². The summed E-state index contributed by atoms with van der Waals surface area (Å²) < 4.78 is 0. The Morgan fingerprint density at radius 1 is 1.39 bits per heavy atom. The summed E-state index contributed by atoms with van der Waals surface area (Å²) in [7, 11) is 0. The molecule has 2 unspecified atom stereocenters. The zero-order valence-electron chi connectivity index (χ0n) is 10.7. The van der Waals surface area contributed by atoms with Crippen molar-refractivity contribution in [3.63, 3.8) is 0 Å². The Labute approximate surface area is 113 Å². The van der Waals surface area contributed by atoms with Crippen LogP contribution in [0.1, 0.15) is 44.9 Å². The predicted octanol–water partition coefficient (Wildman–Crippen LogP) is 1.62. The van der Waals surface area contributed by atoms with Gasteiger partial charge in [0.15, 0.2) is 0 Å². The molecule has 2 fully saturated rings. The van der Waals surface area contributed by atoms with Gasteiger partial charge in [0.1, 0.15) is 5.54 Å². The van der Waals surface area contributed by atoms with E-state index in [0.717, 1.165) is 50.7 Å². The Hall–Kier alpha value is -0.260. The van der Waals surface area contributed by atoms with Crippen LogP contribution in [0.25, 0.3) is 0 Å². The number of aliphatic hydroxyl groups is 1. The first-order chi connectivity index (χ1) is 8.66. The van der Waals surface area contributed by atoms with Crippen LogP contribution in [0.4, 0.5) is 0 Å². The maximum absolute atomic E-state index is 11.6. The maximum Gasteiger partial charge on any atom is 0.323 e. The number of rotatable bonds is 7. The molecule has 0 radical (unpaired) electrons. The van der Waals surface area contributed by atoms with Crippen LogP contribution in [0.5, 0.6) is 0 Å². The minimum Gasteiger partial charge on any atom is -0.480 e. The van der Waals surface area contributed by atoms with E-state index < -0.39 is 11.5 Å². The van der Waals surface area contributed by atoms with Gasteiger partial charge in [-0.1, -0.05) is 0 Å². The molecule has 0 spiro atoms. The fourth-order valence-corrected chi connectivity index (χ4v) is 4.05. The first-order valence-electron chi connectivity index (χ1n) is 6.90. The van der Waals surface area contributed by atoms with E-state index >= 15 is 0 Å². The van der Waals surface area contributed by atoms with Crippen LogP contribution in [0.3, 0.4) is 0 Å². The van der Waals surface area contributed by atoms with Gasteiger partial charge in [0.2, 0.25) is 0 Å². The van der Waals surface area contributed by atoms with Crippen molar-refractivity contribution in [1.29, 1.82) is 0 Å². The Bertz CT molecular complexity index is 296. The van der Waals surface area contributed by atoms with Crippen LogP contribution in [0, 0.1) is 0 Å².